The number of methoxy groups -OCH3 is 2. The van der Waals surface area contributed by atoms with E-state index < -0.39 is 0 Å². The summed E-state index contributed by atoms with van der Waals surface area (Å²) in [6, 6.07) is 7.52. The normalized spacial score (nSPS) is 17.9. The SMILES string of the molecule is CCN1CCc2cc(OC)c(OC)cc2C1C(NC(=O)c1ccco1)C(C)C. The van der Waals surface area contributed by atoms with E-state index in [4.69, 9.17) is 13.9 Å². The van der Waals surface area contributed by atoms with Crippen LogP contribution in [0.2, 0.25) is 0 Å². The van der Waals surface area contributed by atoms with Crippen molar-refractivity contribution < 1.29 is 18.7 Å². The minimum atomic E-state index is -0.188. The number of benzene rings is 1. The van der Waals surface area contributed by atoms with Gasteiger partial charge in [-0.2, -0.15) is 0 Å². The molecular formula is C22H30N2O4. The van der Waals surface area contributed by atoms with Gasteiger partial charge in [-0.3, -0.25) is 9.69 Å². The molecule has 0 spiro atoms. The monoisotopic (exact) mass is 386 g/mol. The van der Waals surface area contributed by atoms with Crippen molar-refractivity contribution in [2.24, 2.45) is 5.92 Å². The molecule has 28 heavy (non-hydrogen) atoms. The number of carbonyl (C=O) groups is 1. The van der Waals surface area contributed by atoms with Gasteiger partial charge < -0.3 is 19.2 Å². The Morgan fingerprint density at radius 1 is 1.29 bits per heavy atom. The highest BCUT2D eigenvalue weighted by Crippen LogP contribution is 2.40. The molecule has 0 fully saturated rings. The summed E-state index contributed by atoms with van der Waals surface area (Å²) in [6.45, 7) is 8.26. The van der Waals surface area contributed by atoms with Crippen LogP contribution in [0.1, 0.15) is 48.5 Å². The van der Waals surface area contributed by atoms with Gasteiger partial charge in [0.15, 0.2) is 17.3 Å². The molecular weight excluding hydrogens is 356 g/mol. The van der Waals surface area contributed by atoms with E-state index in [9.17, 15) is 4.79 Å². The van der Waals surface area contributed by atoms with E-state index in [-0.39, 0.29) is 23.9 Å². The van der Waals surface area contributed by atoms with Gasteiger partial charge in [-0.25, -0.2) is 0 Å². The maximum atomic E-state index is 12.7. The number of fused-ring (bicyclic) bond motifs is 1. The Bertz CT molecular complexity index is 801. The van der Waals surface area contributed by atoms with Gasteiger partial charge in [0.2, 0.25) is 0 Å². The van der Waals surface area contributed by atoms with Gasteiger partial charge in [-0.05, 0) is 54.3 Å². The zero-order chi connectivity index (χ0) is 20.3. The fraction of sp³-hybridized carbons (Fsp3) is 0.500. The highest BCUT2D eigenvalue weighted by atomic mass is 16.5. The van der Waals surface area contributed by atoms with Crippen LogP contribution in [0.25, 0.3) is 0 Å². The molecule has 1 amide bonds. The molecule has 1 aliphatic rings. The molecule has 0 saturated heterocycles. The molecule has 6 heteroatoms. The molecule has 3 rings (SSSR count). The first-order chi connectivity index (χ1) is 13.5. The summed E-state index contributed by atoms with van der Waals surface area (Å²) in [5.74, 6) is 1.83. The van der Waals surface area contributed by atoms with Gasteiger partial charge in [-0.1, -0.05) is 20.8 Å². The Kier molecular flexibility index (Phi) is 6.29. The van der Waals surface area contributed by atoms with Crippen LogP contribution in [-0.4, -0.2) is 44.2 Å². The van der Waals surface area contributed by atoms with Crippen molar-refractivity contribution in [2.75, 3.05) is 27.3 Å². The maximum absolute atomic E-state index is 12.7. The molecule has 0 radical (unpaired) electrons. The van der Waals surface area contributed by atoms with Gasteiger partial charge in [0.05, 0.1) is 32.6 Å². The smallest absolute Gasteiger partial charge is 0.287 e. The van der Waals surface area contributed by atoms with Crippen LogP contribution in [0.5, 0.6) is 11.5 Å². The summed E-state index contributed by atoms with van der Waals surface area (Å²) < 4.78 is 16.3. The zero-order valence-corrected chi connectivity index (χ0v) is 17.3. The van der Waals surface area contributed by atoms with Crippen LogP contribution in [0, 0.1) is 5.92 Å². The Labute approximate surface area is 166 Å². The third-order valence-corrected chi connectivity index (χ3v) is 5.53. The lowest BCUT2D eigenvalue weighted by molar-refractivity contribution is 0.0808. The van der Waals surface area contributed by atoms with Crippen LogP contribution in [0.15, 0.2) is 34.9 Å². The van der Waals surface area contributed by atoms with E-state index in [1.807, 2.05) is 0 Å². The standard InChI is InChI=1S/C22H30N2O4/c1-6-24-10-9-15-12-18(26-4)19(27-5)13-16(15)21(24)20(14(2)3)23-22(25)17-8-7-11-28-17/h7-8,11-14,20-21H,6,9-10H2,1-5H3,(H,23,25). The molecule has 0 bridgehead atoms. The van der Waals surface area contributed by atoms with E-state index in [1.165, 1.54) is 17.4 Å². The first kappa shape index (κ1) is 20.3. The van der Waals surface area contributed by atoms with E-state index in [0.717, 1.165) is 25.3 Å². The Balaban J connectivity index is 2.02. The van der Waals surface area contributed by atoms with Crippen LogP contribution in [0.4, 0.5) is 0 Å². The highest BCUT2D eigenvalue weighted by Gasteiger charge is 2.36. The third-order valence-electron chi connectivity index (χ3n) is 5.53. The summed E-state index contributed by atoms with van der Waals surface area (Å²) in [5.41, 5.74) is 2.43. The fourth-order valence-corrected chi connectivity index (χ4v) is 4.04. The van der Waals surface area contributed by atoms with E-state index >= 15 is 0 Å². The second-order valence-corrected chi connectivity index (χ2v) is 7.45. The second kappa shape index (κ2) is 8.69. The average Bonchev–Trinajstić information content (AvgIpc) is 3.24. The predicted molar refractivity (Wildman–Crippen MR) is 108 cm³/mol. The second-order valence-electron chi connectivity index (χ2n) is 7.45. The van der Waals surface area contributed by atoms with Gasteiger partial charge >= 0.3 is 0 Å². The summed E-state index contributed by atoms with van der Waals surface area (Å²) in [5, 5.41) is 3.21. The molecule has 2 atom stereocenters. The van der Waals surface area contributed by atoms with Crippen molar-refractivity contribution in [3.8, 4) is 11.5 Å². The number of nitrogens with zero attached hydrogens (tertiary/aromatic N) is 1. The summed E-state index contributed by atoms with van der Waals surface area (Å²) >= 11 is 0. The number of amides is 1. The van der Waals surface area contributed by atoms with Crippen molar-refractivity contribution >= 4 is 5.91 Å². The molecule has 2 heterocycles. The number of furan rings is 1. The van der Waals surface area contributed by atoms with Crippen molar-refractivity contribution in [3.05, 3.63) is 47.4 Å². The van der Waals surface area contributed by atoms with Gasteiger partial charge in [-0.15, -0.1) is 0 Å². The van der Waals surface area contributed by atoms with Gasteiger partial charge in [0.1, 0.15) is 0 Å². The summed E-state index contributed by atoms with van der Waals surface area (Å²) in [6.07, 6.45) is 2.46. The van der Waals surface area contributed by atoms with Crippen LogP contribution in [-0.2, 0) is 6.42 Å². The molecule has 1 aliphatic heterocycles. The van der Waals surface area contributed by atoms with Crippen LogP contribution < -0.4 is 14.8 Å². The topological polar surface area (TPSA) is 63.9 Å². The van der Waals surface area contributed by atoms with Gasteiger partial charge in [0.25, 0.3) is 5.91 Å². The van der Waals surface area contributed by atoms with E-state index in [0.29, 0.717) is 11.5 Å². The Hall–Kier alpha value is -2.47. The molecule has 1 aromatic heterocycles. The number of rotatable bonds is 7. The number of hydrogen-bond acceptors (Lipinski definition) is 5. The van der Waals surface area contributed by atoms with Crippen LogP contribution in [0.3, 0.4) is 0 Å². The number of carbonyl (C=O) groups excluding carboxylic acids is 1. The summed E-state index contributed by atoms with van der Waals surface area (Å²) in [7, 11) is 3.31. The Morgan fingerprint density at radius 3 is 2.57 bits per heavy atom. The molecule has 152 valence electrons. The van der Waals surface area contributed by atoms with Crippen LogP contribution >= 0.6 is 0 Å². The lowest BCUT2D eigenvalue weighted by atomic mass is 9.83. The maximum Gasteiger partial charge on any atom is 0.287 e. The Morgan fingerprint density at radius 2 is 2.00 bits per heavy atom. The first-order valence-corrected chi connectivity index (χ1v) is 9.83. The quantitative estimate of drug-likeness (QED) is 0.787. The molecule has 0 aliphatic carbocycles. The number of ether oxygens (including phenoxy) is 2. The largest absolute Gasteiger partial charge is 0.493 e. The molecule has 6 nitrogen and oxygen atoms in total. The number of nitrogens with one attached hydrogen (secondary N) is 1. The minimum absolute atomic E-state index is 0.0486. The fourth-order valence-electron chi connectivity index (χ4n) is 4.04. The van der Waals surface area contributed by atoms with Crippen molar-refractivity contribution in [2.45, 2.75) is 39.3 Å². The van der Waals surface area contributed by atoms with E-state index in [1.54, 1.807) is 26.4 Å². The van der Waals surface area contributed by atoms with Crippen molar-refractivity contribution in [1.29, 1.82) is 0 Å². The predicted octanol–water partition coefficient (Wildman–Crippen LogP) is 3.67. The van der Waals surface area contributed by atoms with Gasteiger partial charge in [0, 0.05) is 6.54 Å². The average molecular weight is 386 g/mol. The number of hydrogen-bond donors (Lipinski definition) is 1. The molecule has 0 saturated carbocycles. The third kappa shape index (κ3) is 3.87. The zero-order valence-electron chi connectivity index (χ0n) is 17.3. The van der Waals surface area contributed by atoms with Crippen molar-refractivity contribution in [3.63, 3.8) is 0 Å². The summed E-state index contributed by atoms with van der Waals surface area (Å²) in [4.78, 5) is 15.1. The van der Waals surface area contributed by atoms with Crippen molar-refractivity contribution in [1.82, 2.24) is 10.2 Å². The minimum Gasteiger partial charge on any atom is -0.493 e. The lowest BCUT2D eigenvalue weighted by Crippen LogP contribution is -2.51. The first-order valence-electron chi connectivity index (χ1n) is 9.83. The highest BCUT2D eigenvalue weighted by molar-refractivity contribution is 5.91. The number of likely N-dealkylation sites (N-methyl/N-ethyl adjacent to an activating group) is 1. The molecule has 1 N–H and O–H groups in total. The van der Waals surface area contributed by atoms with E-state index in [2.05, 4.69) is 43.1 Å². The molecule has 2 aromatic rings. The lowest BCUT2D eigenvalue weighted by Gasteiger charge is -2.43. The molecule has 2 unspecified atom stereocenters. The molecule has 1 aromatic carbocycles.